The van der Waals surface area contributed by atoms with Gasteiger partial charge in [-0.2, -0.15) is 0 Å². The first kappa shape index (κ1) is 24.0. The molecule has 9 heteroatoms. The van der Waals surface area contributed by atoms with Crippen LogP contribution in [-0.4, -0.2) is 41.4 Å². The molecule has 1 atom stereocenters. The molecule has 9 nitrogen and oxygen atoms in total. The van der Waals surface area contributed by atoms with Gasteiger partial charge in [-0.15, -0.1) is 0 Å². The number of carboxylic acid groups (broad SMARTS) is 1. The second-order valence-electron chi connectivity index (χ2n) is 8.75. The Morgan fingerprint density at radius 3 is 2.26 bits per heavy atom. The number of nitrogens with one attached hydrogen (secondary N) is 2. The quantitative estimate of drug-likeness (QED) is 0.427. The summed E-state index contributed by atoms with van der Waals surface area (Å²) in [5.74, 6) is -2.44. The molecule has 1 unspecified atom stereocenters. The van der Waals surface area contributed by atoms with Crippen molar-refractivity contribution in [3.8, 4) is 11.1 Å². The zero-order valence-electron chi connectivity index (χ0n) is 19.5. The number of carboxylic acids is 1. The number of hydrogen-bond donors (Lipinski definition) is 3. The van der Waals surface area contributed by atoms with Gasteiger partial charge in [0.2, 0.25) is 0 Å². The molecule has 1 aromatic heterocycles. The number of amides is 2. The molecular weight excluding hydrogens is 450 g/mol. The molecule has 4 rings (SSSR count). The Morgan fingerprint density at radius 1 is 1.03 bits per heavy atom. The minimum atomic E-state index is -0.984. The van der Waals surface area contributed by atoms with Gasteiger partial charge >= 0.3 is 12.1 Å². The number of ether oxygens (including phenoxy) is 1. The van der Waals surface area contributed by atoms with Crippen LogP contribution in [0.2, 0.25) is 0 Å². The molecule has 0 radical (unpaired) electrons. The monoisotopic (exact) mass is 477 g/mol. The van der Waals surface area contributed by atoms with Crippen molar-refractivity contribution in [2.75, 3.05) is 13.2 Å². The smallest absolute Gasteiger partial charge is 0.407 e. The van der Waals surface area contributed by atoms with Crippen molar-refractivity contribution < 1.29 is 28.8 Å². The fourth-order valence-corrected chi connectivity index (χ4v) is 4.28. The first-order valence-corrected chi connectivity index (χ1v) is 11.4. The van der Waals surface area contributed by atoms with Gasteiger partial charge in [-0.05, 0) is 28.2 Å². The van der Waals surface area contributed by atoms with Gasteiger partial charge < -0.3 is 25.0 Å². The molecular formula is C26H27N3O6. The Hall–Kier alpha value is -4.14. The highest BCUT2D eigenvalue weighted by atomic mass is 16.5. The number of aromatic nitrogens is 1. The third-order valence-electron chi connectivity index (χ3n) is 6.24. The third kappa shape index (κ3) is 5.18. The van der Waals surface area contributed by atoms with Crippen molar-refractivity contribution in [1.29, 1.82) is 0 Å². The zero-order valence-corrected chi connectivity index (χ0v) is 19.5. The molecule has 3 aromatic rings. The summed E-state index contributed by atoms with van der Waals surface area (Å²) in [5, 5.41) is 18.3. The summed E-state index contributed by atoms with van der Waals surface area (Å²) in [6, 6.07) is 16.1. The lowest BCUT2D eigenvalue weighted by Gasteiger charge is -2.16. The van der Waals surface area contributed by atoms with Crippen LogP contribution in [0.3, 0.4) is 0 Å². The lowest BCUT2D eigenvalue weighted by atomic mass is 9.96. The van der Waals surface area contributed by atoms with Crippen LogP contribution in [0.4, 0.5) is 4.79 Å². The Morgan fingerprint density at radius 2 is 1.66 bits per heavy atom. The van der Waals surface area contributed by atoms with E-state index in [1.165, 1.54) is 0 Å². The molecule has 35 heavy (non-hydrogen) atoms. The number of alkyl carbamates (subject to hydrolysis) is 1. The Labute approximate surface area is 202 Å². The maximum atomic E-state index is 12.5. The van der Waals surface area contributed by atoms with Gasteiger partial charge in [0.15, 0.2) is 0 Å². The average Bonchev–Trinajstić information content (AvgIpc) is 3.44. The van der Waals surface area contributed by atoms with E-state index >= 15 is 0 Å². The Balaban J connectivity index is 1.32. The number of benzene rings is 2. The zero-order chi connectivity index (χ0) is 24.9. The van der Waals surface area contributed by atoms with Crippen molar-refractivity contribution in [2.24, 2.45) is 11.8 Å². The van der Waals surface area contributed by atoms with Gasteiger partial charge in [-0.1, -0.05) is 67.5 Å². The normalized spacial score (nSPS) is 13.1. The van der Waals surface area contributed by atoms with E-state index in [-0.39, 0.29) is 42.8 Å². The van der Waals surface area contributed by atoms with E-state index in [0.29, 0.717) is 0 Å². The standard InChI is InChI=1S/C26H27N3O6/c1-15(2)20(25(31)32)11-27-24(30)22-14-35-29-23(22)12-28-26(33)34-13-21-18-9-5-3-7-16(18)17-8-4-6-10-19(17)21/h3-10,14-15,20-21H,11-13H2,1-2H3,(H,27,30)(H,28,33)(H,31,32). The summed E-state index contributed by atoms with van der Waals surface area (Å²) in [6.07, 6.45) is 0.516. The highest BCUT2D eigenvalue weighted by Crippen LogP contribution is 2.44. The lowest BCUT2D eigenvalue weighted by Crippen LogP contribution is -2.36. The number of rotatable bonds is 9. The predicted octanol–water partition coefficient (Wildman–Crippen LogP) is 3.80. The average molecular weight is 478 g/mol. The molecule has 3 N–H and O–H groups in total. The van der Waals surface area contributed by atoms with Crippen LogP contribution >= 0.6 is 0 Å². The van der Waals surface area contributed by atoms with Crippen LogP contribution in [0, 0.1) is 11.8 Å². The largest absolute Gasteiger partial charge is 0.481 e. The van der Waals surface area contributed by atoms with Crippen LogP contribution in [-0.2, 0) is 16.1 Å². The van der Waals surface area contributed by atoms with E-state index in [2.05, 4.69) is 27.9 Å². The molecule has 0 bridgehead atoms. The highest BCUT2D eigenvalue weighted by Gasteiger charge is 2.29. The van der Waals surface area contributed by atoms with Gasteiger partial charge in [-0.3, -0.25) is 9.59 Å². The van der Waals surface area contributed by atoms with Crippen LogP contribution in [0.1, 0.15) is 46.9 Å². The molecule has 0 saturated heterocycles. The van der Waals surface area contributed by atoms with E-state index in [9.17, 15) is 19.5 Å². The van der Waals surface area contributed by atoms with Crippen molar-refractivity contribution in [2.45, 2.75) is 26.3 Å². The number of nitrogens with zero attached hydrogens (tertiary/aromatic N) is 1. The van der Waals surface area contributed by atoms with E-state index in [1.54, 1.807) is 13.8 Å². The predicted molar refractivity (Wildman–Crippen MR) is 127 cm³/mol. The summed E-state index contributed by atoms with van der Waals surface area (Å²) >= 11 is 0. The second kappa shape index (κ2) is 10.4. The summed E-state index contributed by atoms with van der Waals surface area (Å²) in [7, 11) is 0. The van der Waals surface area contributed by atoms with E-state index < -0.39 is 23.9 Å². The Kier molecular flexibility index (Phi) is 7.14. The summed E-state index contributed by atoms with van der Waals surface area (Å²) in [5.41, 5.74) is 4.83. The third-order valence-corrected chi connectivity index (χ3v) is 6.24. The maximum absolute atomic E-state index is 12.5. The second-order valence-corrected chi connectivity index (χ2v) is 8.75. The van der Waals surface area contributed by atoms with Crippen molar-refractivity contribution in [1.82, 2.24) is 15.8 Å². The number of hydrogen-bond acceptors (Lipinski definition) is 6. The minimum absolute atomic E-state index is 0.0315. The molecule has 2 amide bonds. The fraction of sp³-hybridized carbons (Fsp3) is 0.308. The molecule has 2 aromatic carbocycles. The number of carbonyl (C=O) groups is 3. The molecule has 1 aliphatic rings. The summed E-state index contributed by atoms with van der Waals surface area (Å²) < 4.78 is 10.4. The number of fused-ring (bicyclic) bond motifs is 3. The number of aliphatic carboxylic acids is 1. The number of carbonyl (C=O) groups excluding carboxylic acids is 2. The van der Waals surface area contributed by atoms with Gasteiger partial charge in [0.25, 0.3) is 5.91 Å². The molecule has 1 heterocycles. The van der Waals surface area contributed by atoms with Crippen LogP contribution in [0.15, 0.2) is 59.3 Å². The molecule has 0 spiro atoms. The van der Waals surface area contributed by atoms with Crippen LogP contribution < -0.4 is 10.6 Å². The van der Waals surface area contributed by atoms with Gasteiger partial charge in [0.05, 0.1) is 12.5 Å². The Bertz CT molecular complexity index is 1190. The van der Waals surface area contributed by atoms with Gasteiger partial charge in [0.1, 0.15) is 24.1 Å². The highest BCUT2D eigenvalue weighted by molar-refractivity contribution is 5.95. The fourth-order valence-electron chi connectivity index (χ4n) is 4.28. The molecule has 182 valence electrons. The topological polar surface area (TPSA) is 131 Å². The SMILES string of the molecule is CC(C)C(CNC(=O)c1conc1CNC(=O)OCC1c2ccccc2-c2ccccc21)C(=O)O. The van der Waals surface area contributed by atoms with Crippen molar-refractivity contribution >= 4 is 18.0 Å². The maximum Gasteiger partial charge on any atom is 0.407 e. The van der Waals surface area contributed by atoms with Crippen LogP contribution in [0.25, 0.3) is 11.1 Å². The molecule has 1 aliphatic carbocycles. The van der Waals surface area contributed by atoms with Crippen LogP contribution in [0.5, 0.6) is 0 Å². The molecule has 0 fully saturated rings. The van der Waals surface area contributed by atoms with Gasteiger partial charge in [-0.25, -0.2) is 4.79 Å². The first-order valence-electron chi connectivity index (χ1n) is 11.4. The minimum Gasteiger partial charge on any atom is -0.481 e. The summed E-state index contributed by atoms with van der Waals surface area (Å²) in [4.78, 5) is 36.2. The van der Waals surface area contributed by atoms with Gasteiger partial charge in [0, 0.05) is 12.5 Å². The van der Waals surface area contributed by atoms with E-state index in [1.807, 2.05) is 36.4 Å². The lowest BCUT2D eigenvalue weighted by molar-refractivity contribution is -0.142. The first-order chi connectivity index (χ1) is 16.9. The molecule has 0 aliphatic heterocycles. The van der Waals surface area contributed by atoms with E-state index in [0.717, 1.165) is 28.5 Å². The van der Waals surface area contributed by atoms with Crippen molar-refractivity contribution in [3.63, 3.8) is 0 Å². The molecule has 0 saturated carbocycles. The van der Waals surface area contributed by atoms with E-state index in [4.69, 9.17) is 9.26 Å². The van der Waals surface area contributed by atoms with Crippen molar-refractivity contribution in [3.05, 3.63) is 77.2 Å². The summed E-state index contributed by atoms with van der Waals surface area (Å²) in [6.45, 7) is 3.60.